The Morgan fingerprint density at radius 3 is 2.14 bits per heavy atom. The summed E-state index contributed by atoms with van der Waals surface area (Å²) < 4.78 is 46.8. The molecule has 0 spiro atoms. The van der Waals surface area contributed by atoms with E-state index in [2.05, 4.69) is 0 Å². The Balaban J connectivity index is 0.00000400. The summed E-state index contributed by atoms with van der Waals surface area (Å²) in [6.45, 7) is 0. The monoisotopic (exact) mass is 330 g/mol. The van der Waals surface area contributed by atoms with Crippen LogP contribution >= 0.6 is 12.4 Å². The molecule has 10 heteroatoms. The van der Waals surface area contributed by atoms with Crippen molar-refractivity contribution in [1.82, 2.24) is 0 Å². The van der Waals surface area contributed by atoms with Crippen molar-refractivity contribution in [2.45, 2.75) is 18.6 Å². The number of alkyl halides is 3. The first kappa shape index (κ1) is 19.3. The van der Waals surface area contributed by atoms with Gasteiger partial charge in [0.1, 0.15) is 0 Å². The first-order valence-electron chi connectivity index (χ1n) is 5.42. The van der Waals surface area contributed by atoms with Crippen LogP contribution in [0.25, 0.3) is 0 Å². The Kier molecular flexibility index (Phi) is 6.71. The average Bonchev–Trinajstić information content (AvgIpc) is 2.34. The summed E-state index contributed by atoms with van der Waals surface area (Å²) in [7, 11) is 2.53. The van der Waals surface area contributed by atoms with Crippen LogP contribution in [0.3, 0.4) is 0 Å². The molecule has 1 aromatic carbocycles. The molecule has 0 saturated heterocycles. The van der Waals surface area contributed by atoms with Gasteiger partial charge in [0.25, 0.3) is 5.69 Å². The summed E-state index contributed by atoms with van der Waals surface area (Å²) in [6.07, 6.45) is -5.90. The molecule has 21 heavy (non-hydrogen) atoms. The van der Waals surface area contributed by atoms with Crippen molar-refractivity contribution in [2.24, 2.45) is 5.73 Å². The van der Waals surface area contributed by atoms with Crippen LogP contribution in [-0.2, 0) is 0 Å². The van der Waals surface area contributed by atoms with Crippen molar-refractivity contribution in [1.29, 1.82) is 0 Å². The van der Waals surface area contributed by atoms with Crippen molar-refractivity contribution in [3.05, 3.63) is 27.8 Å². The lowest BCUT2D eigenvalue weighted by molar-refractivity contribution is -0.385. The molecule has 0 fully saturated rings. The van der Waals surface area contributed by atoms with Gasteiger partial charge in [0.2, 0.25) is 0 Å². The Bertz CT molecular complexity index is 511. The molecule has 1 aromatic rings. The minimum atomic E-state index is -4.53. The Labute approximate surface area is 124 Å². The predicted molar refractivity (Wildman–Crippen MR) is 71.0 cm³/mol. The highest BCUT2D eigenvalue weighted by molar-refractivity contribution is 5.85. The molecule has 0 radical (unpaired) electrons. The SMILES string of the molecule is COc1cc([C@H](N)CC(F)(F)F)c([N+](=O)[O-])cc1OC.Cl. The van der Waals surface area contributed by atoms with E-state index in [0.29, 0.717) is 0 Å². The van der Waals surface area contributed by atoms with Crippen molar-refractivity contribution in [2.75, 3.05) is 14.2 Å². The number of nitro benzene ring substituents is 1. The zero-order valence-electron chi connectivity index (χ0n) is 11.1. The van der Waals surface area contributed by atoms with Gasteiger partial charge in [-0.15, -0.1) is 12.4 Å². The molecule has 0 bridgehead atoms. The molecule has 0 aliphatic heterocycles. The Hall–Kier alpha value is -1.74. The van der Waals surface area contributed by atoms with Crippen molar-refractivity contribution < 1.29 is 27.6 Å². The second kappa shape index (κ2) is 7.32. The van der Waals surface area contributed by atoms with E-state index in [0.717, 1.165) is 12.1 Å². The number of rotatable bonds is 5. The Morgan fingerprint density at radius 1 is 1.29 bits per heavy atom. The molecule has 0 unspecified atom stereocenters. The van der Waals surface area contributed by atoms with Gasteiger partial charge in [0.05, 0.1) is 37.2 Å². The minimum absolute atomic E-state index is 0. The molecule has 0 heterocycles. The van der Waals surface area contributed by atoms with Crippen LogP contribution in [0.1, 0.15) is 18.0 Å². The summed E-state index contributed by atoms with van der Waals surface area (Å²) in [5.41, 5.74) is 4.61. The van der Waals surface area contributed by atoms with E-state index in [1.807, 2.05) is 0 Å². The molecule has 0 saturated carbocycles. The van der Waals surface area contributed by atoms with Gasteiger partial charge < -0.3 is 15.2 Å². The quantitative estimate of drug-likeness (QED) is 0.662. The molecular weight excluding hydrogens is 317 g/mol. The summed E-state index contributed by atoms with van der Waals surface area (Å²) >= 11 is 0. The smallest absolute Gasteiger partial charge is 0.390 e. The predicted octanol–water partition coefficient (Wildman–Crippen LogP) is 2.99. The number of hydrogen-bond acceptors (Lipinski definition) is 5. The zero-order chi connectivity index (χ0) is 15.5. The third kappa shape index (κ3) is 4.94. The molecule has 0 aromatic heterocycles. The maximum absolute atomic E-state index is 12.3. The normalized spacial score (nSPS) is 12.3. The zero-order valence-corrected chi connectivity index (χ0v) is 12.0. The fourth-order valence-electron chi connectivity index (χ4n) is 1.70. The van der Waals surface area contributed by atoms with Crippen LogP contribution in [0.15, 0.2) is 12.1 Å². The maximum Gasteiger partial charge on any atom is 0.390 e. The molecule has 2 N–H and O–H groups in total. The van der Waals surface area contributed by atoms with Gasteiger partial charge in [-0.3, -0.25) is 10.1 Å². The first-order chi connectivity index (χ1) is 9.19. The van der Waals surface area contributed by atoms with Gasteiger partial charge in [-0.2, -0.15) is 13.2 Å². The number of ether oxygens (including phenoxy) is 2. The minimum Gasteiger partial charge on any atom is -0.493 e. The molecule has 1 rings (SSSR count). The molecule has 120 valence electrons. The van der Waals surface area contributed by atoms with Gasteiger partial charge in [-0.25, -0.2) is 0 Å². The van der Waals surface area contributed by atoms with E-state index >= 15 is 0 Å². The molecule has 0 amide bonds. The highest BCUT2D eigenvalue weighted by Gasteiger charge is 2.34. The van der Waals surface area contributed by atoms with Crippen LogP contribution in [0.5, 0.6) is 11.5 Å². The first-order valence-corrected chi connectivity index (χ1v) is 5.42. The highest BCUT2D eigenvalue weighted by atomic mass is 35.5. The molecule has 6 nitrogen and oxygen atoms in total. The van der Waals surface area contributed by atoms with Gasteiger partial charge in [-0.05, 0) is 6.07 Å². The highest BCUT2D eigenvalue weighted by Crippen LogP contribution is 2.39. The molecule has 1 atom stereocenters. The number of methoxy groups -OCH3 is 2. The van der Waals surface area contributed by atoms with Crippen LogP contribution in [0.4, 0.5) is 18.9 Å². The Morgan fingerprint density at radius 2 is 1.76 bits per heavy atom. The fraction of sp³-hybridized carbons (Fsp3) is 0.455. The van der Waals surface area contributed by atoms with Gasteiger partial charge in [0.15, 0.2) is 11.5 Å². The van der Waals surface area contributed by atoms with Gasteiger partial charge in [-0.1, -0.05) is 0 Å². The van der Waals surface area contributed by atoms with E-state index in [-0.39, 0.29) is 29.5 Å². The van der Waals surface area contributed by atoms with Gasteiger partial charge in [0, 0.05) is 6.04 Å². The lowest BCUT2D eigenvalue weighted by Crippen LogP contribution is -2.21. The molecule has 0 aliphatic carbocycles. The number of hydrogen-bond donors (Lipinski definition) is 1. The molecule has 0 aliphatic rings. The van der Waals surface area contributed by atoms with Crippen LogP contribution in [-0.4, -0.2) is 25.3 Å². The largest absolute Gasteiger partial charge is 0.493 e. The van der Waals surface area contributed by atoms with E-state index in [9.17, 15) is 23.3 Å². The third-order valence-electron chi connectivity index (χ3n) is 2.58. The van der Waals surface area contributed by atoms with Crippen molar-refractivity contribution in [3.8, 4) is 11.5 Å². The average molecular weight is 331 g/mol. The van der Waals surface area contributed by atoms with Crippen molar-refractivity contribution >= 4 is 18.1 Å². The fourth-order valence-corrected chi connectivity index (χ4v) is 1.70. The summed E-state index contributed by atoms with van der Waals surface area (Å²) in [5.74, 6) is 0.118. The van der Waals surface area contributed by atoms with E-state index < -0.39 is 29.2 Å². The topological polar surface area (TPSA) is 87.6 Å². The van der Waals surface area contributed by atoms with E-state index in [4.69, 9.17) is 15.2 Å². The summed E-state index contributed by atoms with van der Waals surface area (Å²) in [4.78, 5) is 10.1. The number of benzene rings is 1. The van der Waals surface area contributed by atoms with Crippen LogP contribution < -0.4 is 15.2 Å². The lowest BCUT2D eigenvalue weighted by atomic mass is 10.0. The number of halogens is 4. The number of nitrogens with zero attached hydrogens (tertiary/aromatic N) is 1. The standard InChI is InChI=1S/C11H13F3N2O4.ClH/c1-19-9-3-6(7(15)5-11(12,13)14)8(16(17)18)4-10(9)20-2;/h3-4,7H,5,15H2,1-2H3;1H/t7-;/m1./s1. The second-order valence-corrected chi connectivity index (χ2v) is 3.95. The van der Waals surface area contributed by atoms with E-state index in [1.165, 1.54) is 14.2 Å². The van der Waals surface area contributed by atoms with Crippen LogP contribution in [0, 0.1) is 10.1 Å². The summed E-state index contributed by atoms with van der Waals surface area (Å²) in [6, 6.07) is 0.521. The van der Waals surface area contributed by atoms with Crippen molar-refractivity contribution in [3.63, 3.8) is 0 Å². The molecular formula is C11H14ClF3N2O4. The summed E-state index contributed by atoms with van der Waals surface area (Å²) in [5, 5.41) is 10.9. The lowest BCUT2D eigenvalue weighted by Gasteiger charge is -2.16. The maximum atomic E-state index is 12.3. The third-order valence-corrected chi connectivity index (χ3v) is 2.58. The second-order valence-electron chi connectivity index (χ2n) is 3.95. The van der Waals surface area contributed by atoms with E-state index in [1.54, 1.807) is 0 Å². The van der Waals surface area contributed by atoms with Crippen LogP contribution in [0.2, 0.25) is 0 Å². The number of nitro groups is 1. The number of nitrogens with two attached hydrogens (primary N) is 1. The van der Waals surface area contributed by atoms with Gasteiger partial charge >= 0.3 is 6.18 Å².